The highest BCUT2D eigenvalue weighted by atomic mass is 16.3. The fourth-order valence-electron chi connectivity index (χ4n) is 6.61. The lowest BCUT2D eigenvalue weighted by molar-refractivity contribution is 0.669. The highest BCUT2D eigenvalue weighted by Gasteiger charge is 2.18. The van der Waals surface area contributed by atoms with Gasteiger partial charge >= 0.3 is 0 Å². The third-order valence-corrected chi connectivity index (χ3v) is 8.38. The Bertz CT molecular complexity index is 2480. The molecule has 0 fully saturated rings. The molecule has 0 saturated heterocycles. The van der Waals surface area contributed by atoms with Crippen LogP contribution >= 0.6 is 0 Å². The van der Waals surface area contributed by atoms with Crippen molar-refractivity contribution in [3.05, 3.63) is 146 Å². The summed E-state index contributed by atoms with van der Waals surface area (Å²) in [4.78, 5) is 0. The van der Waals surface area contributed by atoms with E-state index in [4.69, 9.17) is 7.16 Å². The Kier molecular flexibility index (Phi) is 4.27. The molecule has 0 radical (unpaired) electrons. The third kappa shape index (κ3) is 3.30. The second-order valence-electron chi connectivity index (χ2n) is 10.7. The molecule has 0 aliphatic carbocycles. The molecule has 0 unspecified atom stereocenters. The van der Waals surface area contributed by atoms with Crippen molar-refractivity contribution in [2.75, 3.05) is 0 Å². The van der Waals surface area contributed by atoms with Crippen LogP contribution < -0.4 is 0 Å². The molecule has 1 heterocycles. The first-order valence-electron chi connectivity index (χ1n) is 14.9. The largest absolute Gasteiger partial charge is 0.456 e. The summed E-state index contributed by atoms with van der Waals surface area (Å²) in [5, 5.41) is 10.2. The van der Waals surface area contributed by atoms with Gasteiger partial charge < -0.3 is 4.42 Å². The Labute approximate surface area is 239 Å². The van der Waals surface area contributed by atoms with Gasteiger partial charge in [0.05, 0.1) is 2.74 Å². The molecule has 0 amide bonds. The van der Waals surface area contributed by atoms with E-state index in [1.165, 1.54) is 0 Å². The molecule has 0 atom stereocenters. The van der Waals surface area contributed by atoms with Crippen molar-refractivity contribution in [2.24, 2.45) is 0 Å². The second kappa shape index (κ2) is 8.55. The summed E-state index contributed by atoms with van der Waals surface area (Å²) >= 11 is 0. The molecule has 41 heavy (non-hydrogen) atoms. The first-order valence-corrected chi connectivity index (χ1v) is 13.9. The number of fused-ring (bicyclic) bond motifs is 7. The highest BCUT2D eigenvalue weighted by Crippen LogP contribution is 2.44. The fraction of sp³-hybridized carbons (Fsp3) is 0. The van der Waals surface area contributed by atoms with Crippen LogP contribution in [-0.2, 0) is 0 Å². The lowest BCUT2D eigenvalue weighted by Crippen LogP contribution is -1.87. The average molecular weight is 523 g/mol. The number of rotatable bonds is 2. The van der Waals surface area contributed by atoms with Crippen LogP contribution in [0.5, 0.6) is 0 Å². The highest BCUT2D eigenvalue weighted by molar-refractivity contribution is 6.22. The minimum Gasteiger partial charge on any atom is -0.456 e. The van der Waals surface area contributed by atoms with Crippen LogP contribution in [0.15, 0.2) is 150 Å². The van der Waals surface area contributed by atoms with Crippen molar-refractivity contribution in [3.63, 3.8) is 0 Å². The summed E-state index contributed by atoms with van der Waals surface area (Å²) in [6.07, 6.45) is 0. The maximum atomic E-state index is 8.96. The summed E-state index contributed by atoms with van der Waals surface area (Å²) < 4.78 is 24.5. The predicted molar refractivity (Wildman–Crippen MR) is 175 cm³/mol. The fourth-order valence-corrected chi connectivity index (χ4v) is 6.61. The molecular weight excluding hydrogens is 496 g/mol. The Morgan fingerprint density at radius 1 is 0.415 bits per heavy atom. The molecule has 9 rings (SSSR count). The van der Waals surface area contributed by atoms with Crippen molar-refractivity contribution in [2.45, 2.75) is 0 Å². The first kappa shape index (κ1) is 20.5. The Hall–Kier alpha value is -5.40. The zero-order valence-corrected chi connectivity index (χ0v) is 22.1. The van der Waals surface area contributed by atoms with E-state index in [0.717, 1.165) is 87.3 Å². The van der Waals surface area contributed by atoms with Crippen molar-refractivity contribution < 1.29 is 7.16 Å². The standard InChI is InChI=1S/C40H24O/c1-5-14-30-25(10-1)22-26-11-2-6-15-31(26)38(30)29-20-21-34-37(24-29)41-36-19-9-18-35(40(34)36)39-32-16-7-3-12-27(32)23-28-13-4-8-17-33(28)39/h1-24H/i22D,23D. The van der Waals surface area contributed by atoms with Gasteiger partial charge in [-0.05, 0) is 95.6 Å². The maximum Gasteiger partial charge on any atom is 0.136 e. The summed E-state index contributed by atoms with van der Waals surface area (Å²) in [5.41, 5.74) is 6.08. The quantitative estimate of drug-likeness (QED) is 0.206. The van der Waals surface area contributed by atoms with Crippen molar-refractivity contribution in [1.82, 2.24) is 0 Å². The molecule has 1 heteroatoms. The molecule has 0 bridgehead atoms. The Morgan fingerprint density at radius 2 is 0.927 bits per heavy atom. The minimum absolute atomic E-state index is 0.557. The van der Waals surface area contributed by atoms with Gasteiger partial charge in [-0.25, -0.2) is 0 Å². The van der Waals surface area contributed by atoms with Gasteiger partial charge in [-0.2, -0.15) is 0 Å². The average Bonchev–Trinajstić information content (AvgIpc) is 3.44. The van der Waals surface area contributed by atoms with Crippen LogP contribution in [0.25, 0.3) is 87.3 Å². The van der Waals surface area contributed by atoms with Crippen LogP contribution in [-0.4, -0.2) is 0 Å². The lowest BCUT2D eigenvalue weighted by atomic mass is 9.89. The van der Waals surface area contributed by atoms with Gasteiger partial charge in [0.15, 0.2) is 0 Å². The predicted octanol–water partition coefficient (Wildman–Crippen LogP) is 11.5. The van der Waals surface area contributed by atoms with E-state index in [9.17, 15) is 0 Å². The van der Waals surface area contributed by atoms with E-state index in [1.54, 1.807) is 0 Å². The van der Waals surface area contributed by atoms with Crippen LogP contribution in [0.3, 0.4) is 0 Å². The monoisotopic (exact) mass is 522 g/mol. The SMILES string of the molecule is [2H]c1c2ccccc2c(-c2ccc3c(c2)oc2cccc(-c4c5ccccc5c([2H])c5ccccc45)c23)c2ccccc12. The normalized spacial score (nSPS) is 12.6. The molecule has 0 saturated carbocycles. The summed E-state index contributed by atoms with van der Waals surface area (Å²) in [7, 11) is 0. The van der Waals surface area contributed by atoms with E-state index >= 15 is 0 Å². The van der Waals surface area contributed by atoms with Gasteiger partial charge in [0, 0.05) is 10.8 Å². The van der Waals surface area contributed by atoms with Crippen LogP contribution in [0.2, 0.25) is 0 Å². The number of hydrogen-bond donors (Lipinski definition) is 0. The zero-order valence-electron chi connectivity index (χ0n) is 24.1. The molecular formula is C40H24O. The Morgan fingerprint density at radius 3 is 1.49 bits per heavy atom. The Balaban J connectivity index is 1.36. The van der Waals surface area contributed by atoms with Gasteiger partial charge in [-0.15, -0.1) is 0 Å². The molecule has 9 aromatic rings. The molecule has 1 aromatic heterocycles. The maximum absolute atomic E-state index is 8.96. The number of benzene rings is 8. The first-order chi connectivity index (χ1) is 21.2. The molecule has 1 nitrogen and oxygen atoms in total. The van der Waals surface area contributed by atoms with E-state index < -0.39 is 0 Å². The zero-order chi connectivity index (χ0) is 28.7. The van der Waals surface area contributed by atoms with E-state index in [1.807, 2.05) is 66.7 Å². The number of hydrogen-bond acceptors (Lipinski definition) is 1. The summed E-state index contributed by atoms with van der Waals surface area (Å²) in [6.45, 7) is 0. The van der Waals surface area contributed by atoms with Crippen LogP contribution in [0, 0.1) is 0 Å². The van der Waals surface area contributed by atoms with Gasteiger partial charge in [0.25, 0.3) is 0 Å². The third-order valence-electron chi connectivity index (χ3n) is 8.38. The summed E-state index contributed by atoms with van der Waals surface area (Å²) in [6, 6.07) is 46.8. The smallest absolute Gasteiger partial charge is 0.136 e. The van der Waals surface area contributed by atoms with Gasteiger partial charge in [0.1, 0.15) is 11.2 Å². The second-order valence-corrected chi connectivity index (χ2v) is 10.7. The van der Waals surface area contributed by atoms with Gasteiger partial charge in [0.2, 0.25) is 0 Å². The van der Waals surface area contributed by atoms with Crippen LogP contribution in [0.4, 0.5) is 0 Å². The van der Waals surface area contributed by atoms with Gasteiger partial charge in [-0.1, -0.05) is 115 Å². The van der Waals surface area contributed by atoms with Crippen molar-refractivity contribution in [3.8, 4) is 22.3 Å². The lowest BCUT2D eigenvalue weighted by Gasteiger charge is -2.13. The molecule has 0 aliphatic rings. The molecule has 0 aliphatic heterocycles. The molecule has 8 aromatic carbocycles. The minimum atomic E-state index is 0.557. The van der Waals surface area contributed by atoms with E-state index in [0.29, 0.717) is 12.1 Å². The molecule has 0 N–H and O–H groups in total. The summed E-state index contributed by atoms with van der Waals surface area (Å²) in [5.74, 6) is 0. The molecule has 190 valence electrons. The van der Waals surface area contributed by atoms with Crippen molar-refractivity contribution >= 4 is 65.0 Å². The van der Waals surface area contributed by atoms with Crippen molar-refractivity contribution in [1.29, 1.82) is 0 Å². The molecule has 0 spiro atoms. The topological polar surface area (TPSA) is 13.1 Å². The van der Waals surface area contributed by atoms with Crippen LogP contribution in [0.1, 0.15) is 2.74 Å². The van der Waals surface area contributed by atoms with E-state index in [2.05, 4.69) is 66.7 Å². The number of furan rings is 1. The van der Waals surface area contributed by atoms with E-state index in [-0.39, 0.29) is 0 Å². The van der Waals surface area contributed by atoms with Gasteiger partial charge in [-0.3, -0.25) is 0 Å².